The first-order valence-electron chi connectivity index (χ1n) is 8.13. The summed E-state index contributed by atoms with van der Waals surface area (Å²) in [6.45, 7) is 0.269. The number of nitriles is 1. The van der Waals surface area contributed by atoms with Crippen LogP contribution in [0.15, 0.2) is 47.2 Å². The minimum absolute atomic E-state index is 0.235. The molecular weight excluding hydrogens is 366 g/mol. The number of carbonyl (C=O) groups excluding carboxylic acids is 2. The lowest BCUT2D eigenvalue weighted by Gasteiger charge is -2.18. The van der Waals surface area contributed by atoms with Gasteiger partial charge in [-0.15, -0.1) is 22.7 Å². The summed E-state index contributed by atoms with van der Waals surface area (Å²) >= 11 is 2.95. The van der Waals surface area contributed by atoms with Gasteiger partial charge in [0.2, 0.25) is 5.91 Å². The highest BCUT2D eigenvalue weighted by Crippen LogP contribution is 2.26. The number of carbonyl (C=O) groups is 2. The lowest BCUT2D eigenvalue weighted by atomic mass is 10.0. The molecule has 2 heterocycles. The van der Waals surface area contributed by atoms with Gasteiger partial charge in [0, 0.05) is 17.7 Å². The van der Waals surface area contributed by atoms with Gasteiger partial charge in [0.25, 0.3) is 5.91 Å². The van der Waals surface area contributed by atoms with E-state index in [0.717, 1.165) is 15.6 Å². The fraction of sp³-hybridized carbons (Fsp3) is 0.211. The lowest BCUT2D eigenvalue weighted by molar-refractivity contribution is -0.122. The summed E-state index contributed by atoms with van der Waals surface area (Å²) in [5.41, 5.74) is 1.03. The van der Waals surface area contributed by atoms with Gasteiger partial charge in [0.15, 0.2) is 0 Å². The summed E-state index contributed by atoms with van der Waals surface area (Å²) in [5.74, 6) is -0.541. The lowest BCUT2D eigenvalue weighted by Crippen LogP contribution is -2.48. The Bertz CT molecular complexity index is 941. The van der Waals surface area contributed by atoms with E-state index in [2.05, 4.69) is 10.6 Å². The van der Waals surface area contributed by atoms with Gasteiger partial charge in [-0.2, -0.15) is 5.26 Å². The van der Waals surface area contributed by atoms with Crippen LogP contribution >= 0.6 is 22.7 Å². The predicted molar refractivity (Wildman–Crippen MR) is 104 cm³/mol. The molecular formula is C19H17N3O2S2. The van der Waals surface area contributed by atoms with Gasteiger partial charge in [-0.3, -0.25) is 9.59 Å². The molecule has 3 aromatic rings. The Morgan fingerprint density at radius 2 is 2.00 bits per heavy atom. The number of hydrogen-bond acceptors (Lipinski definition) is 5. The molecule has 132 valence electrons. The molecule has 2 N–H and O–H groups in total. The molecule has 0 bridgehead atoms. The molecule has 0 aliphatic carbocycles. The van der Waals surface area contributed by atoms with E-state index in [1.807, 2.05) is 41.1 Å². The first-order chi connectivity index (χ1) is 12.7. The van der Waals surface area contributed by atoms with Crippen molar-refractivity contribution in [1.82, 2.24) is 10.6 Å². The van der Waals surface area contributed by atoms with Gasteiger partial charge in [0.05, 0.1) is 17.4 Å². The van der Waals surface area contributed by atoms with Crippen LogP contribution < -0.4 is 10.6 Å². The van der Waals surface area contributed by atoms with Gasteiger partial charge in [-0.05, 0) is 33.8 Å². The van der Waals surface area contributed by atoms with E-state index in [4.69, 9.17) is 5.26 Å². The molecule has 1 unspecified atom stereocenters. The molecule has 0 aliphatic rings. The van der Waals surface area contributed by atoms with Crippen molar-refractivity contribution in [3.63, 3.8) is 0 Å². The Labute approximate surface area is 159 Å². The quantitative estimate of drug-likeness (QED) is 0.614. The summed E-state index contributed by atoms with van der Waals surface area (Å²) in [4.78, 5) is 25.5. The van der Waals surface area contributed by atoms with Crippen molar-refractivity contribution >= 4 is 44.6 Å². The number of nitrogens with one attached hydrogen (secondary N) is 2. The predicted octanol–water partition coefficient (Wildman–Crippen LogP) is 3.33. The van der Waals surface area contributed by atoms with Crippen LogP contribution in [-0.2, 0) is 11.2 Å². The van der Waals surface area contributed by atoms with Crippen molar-refractivity contribution in [1.29, 1.82) is 5.26 Å². The molecule has 5 nitrogen and oxygen atoms in total. The van der Waals surface area contributed by atoms with Gasteiger partial charge >= 0.3 is 0 Å². The van der Waals surface area contributed by atoms with Crippen molar-refractivity contribution in [2.75, 3.05) is 6.54 Å². The van der Waals surface area contributed by atoms with Crippen molar-refractivity contribution < 1.29 is 9.59 Å². The van der Waals surface area contributed by atoms with Crippen LogP contribution in [0.1, 0.15) is 21.7 Å². The van der Waals surface area contributed by atoms with Crippen molar-refractivity contribution in [2.45, 2.75) is 18.9 Å². The molecule has 0 fully saturated rings. The Hall–Kier alpha value is -2.69. The summed E-state index contributed by atoms with van der Waals surface area (Å²) in [5, 5.41) is 19.1. The Morgan fingerprint density at radius 3 is 2.77 bits per heavy atom. The third-order valence-corrected chi connectivity index (χ3v) is 5.77. The summed E-state index contributed by atoms with van der Waals surface area (Å²) in [6.07, 6.45) is 0.637. The maximum Gasteiger partial charge on any atom is 0.262 e. The van der Waals surface area contributed by atoms with Crippen molar-refractivity contribution in [3.05, 3.63) is 57.6 Å². The molecule has 0 spiro atoms. The van der Waals surface area contributed by atoms with Crippen LogP contribution in [0.3, 0.4) is 0 Å². The number of benzene rings is 1. The summed E-state index contributed by atoms with van der Waals surface area (Å²) < 4.78 is 1.15. The minimum Gasteiger partial charge on any atom is -0.353 e. The Balaban J connectivity index is 1.78. The molecule has 26 heavy (non-hydrogen) atoms. The number of thiophene rings is 2. The fourth-order valence-corrected chi connectivity index (χ4v) is 4.22. The smallest absolute Gasteiger partial charge is 0.262 e. The van der Waals surface area contributed by atoms with Crippen LogP contribution in [0, 0.1) is 11.3 Å². The number of amides is 2. The molecule has 0 aliphatic heterocycles. The highest BCUT2D eigenvalue weighted by Gasteiger charge is 2.23. The van der Waals surface area contributed by atoms with E-state index < -0.39 is 6.04 Å². The van der Waals surface area contributed by atoms with E-state index in [1.165, 1.54) is 11.3 Å². The number of hydrogen-bond donors (Lipinski definition) is 2. The third kappa shape index (κ3) is 4.28. The second-order valence-corrected chi connectivity index (χ2v) is 7.52. The van der Waals surface area contributed by atoms with Crippen molar-refractivity contribution in [3.8, 4) is 6.07 Å². The van der Waals surface area contributed by atoms with E-state index in [9.17, 15) is 9.59 Å². The molecule has 2 aromatic heterocycles. The maximum absolute atomic E-state index is 12.6. The molecule has 1 aromatic carbocycles. The zero-order chi connectivity index (χ0) is 18.4. The minimum atomic E-state index is -0.693. The monoisotopic (exact) mass is 383 g/mol. The SMILES string of the molecule is N#CCCNC(=O)C(Cc1csc2ccccc12)NC(=O)c1cccs1. The largest absolute Gasteiger partial charge is 0.353 e. The first-order valence-corrected chi connectivity index (χ1v) is 9.89. The van der Waals surface area contributed by atoms with Crippen LogP contribution in [0.2, 0.25) is 0 Å². The molecule has 3 rings (SSSR count). The third-order valence-electron chi connectivity index (χ3n) is 3.89. The van der Waals surface area contributed by atoms with Crippen LogP contribution in [0.25, 0.3) is 10.1 Å². The van der Waals surface area contributed by atoms with Crippen LogP contribution in [-0.4, -0.2) is 24.4 Å². The maximum atomic E-state index is 12.6. The highest BCUT2D eigenvalue weighted by molar-refractivity contribution is 7.17. The number of rotatable bonds is 7. The normalized spacial score (nSPS) is 11.7. The van der Waals surface area contributed by atoms with Gasteiger partial charge in [-0.1, -0.05) is 24.3 Å². The van der Waals surface area contributed by atoms with Crippen LogP contribution in [0.5, 0.6) is 0 Å². The average Bonchev–Trinajstić information content (AvgIpc) is 3.31. The Kier molecular flexibility index (Phi) is 6.00. The summed E-state index contributed by atoms with van der Waals surface area (Å²) in [7, 11) is 0. The first kappa shape index (κ1) is 18.1. The van der Waals surface area contributed by atoms with Gasteiger partial charge in [-0.25, -0.2) is 0 Å². The molecule has 0 saturated heterocycles. The fourth-order valence-electron chi connectivity index (χ4n) is 2.62. The number of fused-ring (bicyclic) bond motifs is 1. The standard InChI is InChI=1S/C19H17N3O2S2/c20-8-4-9-21-18(23)15(22-19(24)17-7-3-10-25-17)11-13-12-26-16-6-2-1-5-14(13)16/h1-3,5-7,10,12,15H,4,9,11H2,(H,21,23)(H,22,24). The summed E-state index contributed by atoms with van der Waals surface area (Å²) in [6, 6.07) is 12.8. The van der Waals surface area contributed by atoms with E-state index in [0.29, 0.717) is 11.3 Å². The molecule has 7 heteroatoms. The van der Waals surface area contributed by atoms with Crippen LogP contribution in [0.4, 0.5) is 0 Å². The molecule has 1 atom stereocenters. The van der Waals surface area contributed by atoms with Gasteiger partial charge in [0.1, 0.15) is 6.04 Å². The van der Waals surface area contributed by atoms with E-state index in [-0.39, 0.29) is 24.8 Å². The van der Waals surface area contributed by atoms with Gasteiger partial charge < -0.3 is 10.6 Å². The molecule has 0 saturated carbocycles. The second-order valence-electron chi connectivity index (χ2n) is 5.66. The molecule has 2 amide bonds. The number of nitrogens with zero attached hydrogens (tertiary/aromatic N) is 1. The van der Waals surface area contributed by atoms with E-state index in [1.54, 1.807) is 23.5 Å². The zero-order valence-corrected chi connectivity index (χ0v) is 15.5. The average molecular weight is 383 g/mol. The van der Waals surface area contributed by atoms with Crippen molar-refractivity contribution in [2.24, 2.45) is 0 Å². The molecule has 0 radical (unpaired) electrons. The van der Waals surface area contributed by atoms with E-state index >= 15 is 0 Å². The zero-order valence-electron chi connectivity index (χ0n) is 13.9. The topological polar surface area (TPSA) is 82.0 Å². The Morgan fingerprint density at radius 1 is 1.15 bits per heavy atom. The highest BCUT2D eigenvalue weighted by atomic mass is 32.1. The second kappa shape index (κ2) is 8.61.